The van der Waals surface area contributed by atoms with Gasteiger partial charge in [0.1, 0.15) is 6.04 Å². The summed E-state index contributed by atoms with van der Waals surface area (Å²) in [7, 11) is 3.43. The van der Waals surface area contributed by atoms with Crippen LogP contribution in [0.3, 0.4) is 0 Å². The second-order valence-electron chi connectivity index (χ2n) is 6.70. The molecule has 0 aromatic heterocycles. The fourth-order valence-corrected chi connectivity index (χ4v) is 4.02. The number of amides is 3. The zero-order chi connectivity index (χ0) is 15.7. The molecule has 1 saturated carbocycles. The highest BCUT2D eigenvalue weighted by molar-refractivity contribution is 6.04. The number of piperidine rings is 1. The molecule has 0 radical (unpaired) electrons. The third-order valence-corrected chi connectivity index (χ3v) is 5.48. The summed E-state index contributed by atoms with van der Waals surface area (Å²) in [5, 5.41) is 0. The molecule has 0 bridgehead atoms. The Morgan fingerprint density at radius 1 is 1.00 bits per heavy atom. The summed E-state index contributed by atoms with van der Waals surface area (Å²) in [6.45, 7) is 1.19. The maximum absolute atomic E-state index is 12.6. The van der Waals surface area contributed by atoms with E-state index in [-0.39, 0.29) is 24.1 Å². The predicted octanol–water partition coefficient (Wildman–Crippen LogP) is 1.63. The van der Waals surface area contributed by atoms with Gasteiger partial charge in [-0.1, -0.05) is 0 Å². The van der Waals surface area contributed by atoms with Crippen LogP contribution >= 0.6 is 0 Å². The quantitative estimate of drug-likeness (QED) is 0.741. The summed E-state index contributed by atoms with van der Waals surface area (Å²) in [6, 6.07) is -0.403. The van der Waals surface area contributed by atoms with Gasteiger partial charge in [-0.05, 0) is 38.0 Å². The molecule has 2 heterocycles. The van der Waals surface area contributed by atoms with Gasteiger partial charge in [-0.3, -0.25) is 9.69 Å². The van der Waals surface area contributed by atoms with Crippen molar-refractivity contribution in [3.05, 3.63) is 0 Å². The van der Waals surface area contributed by atoms with Crippen molar-refractivity contribution >= 4 is 11.9 Å². The number of hydrogen-bond acceptors (Lipinski definition) is 4. The molecule has 6 nitrogen and oxygen atoms in total. The van der Waals surface area contributed by atoms with Crippen molar-refractivity contribution in [2.75, 3.05) is 27.3 Å². The highest BCUT2D eigenvalue weighted by Crippen LogP contribution is 2.32. The van der Waals surface area contributed by atoms with E-state index >= 15 is 0 Å². The van der Waals surface area contributed by atoms with Crippen molar-refractivity contribution in [3.8, 4) is 0 Å². The molecule has 2 aliphatic heterocycles. The molecule has 0 spiro atoms. The summed E-state index contributed by atoms with van der Waals surface area (Å²) < 4.78 is 10.8. The first-order chi connectivity index (χ1) is 10.6. The van der Waals surface area contributed by atoms with Gasteiger partial charge < -0.3 is 14.4 Å². The summed E-state index contributed by atoms with van der Waals surface area (Å²) in [5.41, 5.74) is 0. The molecule has 6 heteroatoms. The Balaban J connectivity index is 1.60. The van der Waals surface area contributed by atoms with Crippen LogP contribution in [0.25, 0.3) is 0 Å². The Morgan fingerprint density at radius 2 is 1.68 bits per heavy atom. The highest BCUT2D eigenvalue weighted by atomic mass is 16.5. The Kier molecular flexibility index (Phi) is 4.68. The van der Waals surface area contributed by atoms with E-state index in [0.717, 1.165) is 32.1 Å². The molecule has 3 amide bonds. The number of fused-ring (bicyclic) bond motifs is 1. The van der Waals surface area contributed by atoms with Crippen LogP contribution in [0.5, 0.6) is 0 Å². The zero-order valence-corrected chi connectivity index (χ0v) is 13.5. The predicted molar refractivity (Wildman–Crippen MR) is 80.4 cm³/mol. The SMILES string of the molecule is COC1CCC(CN2C(=O)C3CC(OC)CCN3C2=O)CC1. The molecule has 3 rings (SSSR count). The Bertz CT molecular complexity index is 434. The van der Waals surface area contributed by atoms with Crippen LogP contribution in [0.1, 0.15) is 38.5 Å². The molecular weight excluding hydrogens is 284 g/mol. The maximum atomic E-state index is 12.6. The van der Waals surface area contributed by atoms with Crippen molar-refractivity contribution in [1.29, 1.82) is 0 Å². The van der Waals surface area contributed by atoms with Gasteiger partial charge in [0.25, 0.3) is 5.91 Å². The van der Waals surface area contributed by atoms with Gasteiger partial charge in [0.2, 0.25) is 0 Å². The first-order valence-electron chi connectivity index (χ1n) is 8.31. The second kappa shape index (κ2) is 6.54. The number of urea groups is 1. The molecule has 0 aromatic carbocycles. The third-order valence-electron chi connectivity index (χ3n) is 5.48. The lowest BCUT2D eigenvalue weighted by molar-refractivity contribution is -0.130. The minimum Gasteiger partial charge on any atom is -0.381 e. The number of imide groups is 1. The van der Waals surface area contributed by atoms with E-state index in [2.05, 4.69) is 0 Å². The summed E-state index contributed by atoms with van der Waals surface area (Å²) in [5.74, 6) is 0.388. The molecule has 2 unspecified atom stereocenters. The topological polar surface area (TPSA) is 59.1 Å². The van der Waals surface area contributed by atoms with Crippen molar-refractivity contribution in [2.24, 2.45) is 5.92 Å². The molecule has 0 N–H and O–H groups in total. The summed E-state index contributed by atoms with van der Waals surface area (Å²) >= 11 is 0. The van der Waals surface area contributed by atoms with Gasteiger partial charge in [-0.25, -0.2) is 4.79 Å². The van der Waals surface area contributed by atoms with E-state index < -0.39 is 0 Å². The zero-order valence-electron chi connectivity index (χ0n) is 13.5. The van der Waals surface area contributed by atoms with Gasteiger partial charge in [0.05, 0.1) is 12.2 Å². The molecule has 1 aliphatic carbocycles. The Labute approximate surface area is 131 Å². The van der Waals surface area contributed by atoms with Crippen molar-refractivity contribution in [1.82, 2.24) is 9.80 Å². The molecule has 3 fully saturated rings. The number of ether oxygens (including phenoxy) is 2. The molecule has 2 atom stereocenters. The lowest BCUT2D eigenvalue weighted by atomic mass is 9.87. The average molecular weight is 310 g/mol. The largest absolute Gasteiger partial charge is 0.381 e. The van der Waals surface area contributed by atoms with Crippen molar-refractivity contribution in [2.45, 2.75) is 56.8 Å². The van der Waals surface area contributed by atoms with Crippen LogP contribution in [0, 0.1) is 5.92 Å². The number of hydrogen-bond donors (Lipinski definition) is 0. The third kappa shape index (κ3) is 2.86. The molecule has 22 heavy (non-hydrogen) atoms. The maximum Gasteiger partial charge on any atom is 0.327 e. The van der Waals surface area contributed by atoms with Gasteiger partial charge >= 0.3 is 6.03 Å². The monoisotopic (exact) mass is 310 g/mol. The number of carbonyl (C=O) groups is 2. The first-order valence-corrected chi connectivity index (χ1v) is 8.31. The molecule has 124 valence electrons. The van der Waals surface area contributed by atoms with Gasteiger partial charge in [-0.15, -0.1) is 0 Å². The van der Waals surface area contributed by atoms with E-state index in [0.29, 0.717) is 31.5 Å². The first kappa shape index (κ1) is 15.7. The van der Waals surface area contributed by atoms with E-state index in [4.69, 9.17) is 9.47 Å². The van der Waals surface area contributed by atoms with E-state index in [1.54, 1.807) is 19.1 Å². The summed E-state index contributed by atoms with van der Waals surface area (Å²) in [4.78, 5) is 28.3. The normalized spacial score (nSPS) is 35.9. The Morgan fingerprint density at radius 3 is 2.32 bits per heavy atom. The van der Waals surface area contributed by atoms with E-state index in [1.807, 2.05) is 0 Å². The lowest BCUT2D eigenvalue weighted by Gasteiger charge is -2.31. The van der Waals surface area contributed by atoms with Crippen LogP contribution in [-0.2, 0) is 14.3 Å². The highest BCUT2D eigenvalue weighted by Gasteiger charge is 2.48. The van der Waals surface area contributed by atoms with Gasteiger partial charge in [-0.2, -0.15) is 0 Å². The smallest absolute Gasteiger partial charge is 0.327 e. The van der Waals surface area contributed by atoms with Gasteiger partial charge in [0.15, 0.2) is 0 Å². The molecule has 3 aliphatic rings. The molecular formula is C16H26N2O4. The van der Waals surface area contributed by atoms with Gasteiger partial charge in [0, 0.05) is 33.7 Å². The fraction of sp³-hybridized carbons (Fsp3) is 0.875. The van der Waals surface area contributed by atoms with Crippen LogP contribution in [0.2, 0.25) is 0 Å². The van der Waals surface area contributed by atoms with Crippen LogP contribution in [-0.4, -0.2) is 67.3 Å². The minimum atomic E-state index is -0.304. The van der Waals surface area contributed by atoms with E-state index in [1.165, 1.54) is 4.90 Å². The molecule has 0 aromatic rings. The Hall–Kier alpha value is -1.14. The van der Waals surface area contributed by atoms with E-state index in [9.17, 15) is 9.59 Å². The fourth-order valence-electron chi connectivity index (χ4n) is 4.02. The average Bonchev–Trinajstić information content (AvgIpc) is 2.80. The van der Waals surface area contributed by atoms with Crippen molar-refractivity contribution < 1.29 is 19.1 Å². The number of carbonyl (C=O) groups excluding carboxylic acids is 2. The second-order valence-corrected chi connectivity index (χ2v) is 6.70. The molecule has 2 saturated heterocycles. The minimum absolute atomic E-state index is 0.0272. The number of rotatable bonds is 4. The standard InChI is InChI=1S/C16H26N2O4/c1-21-12-5-3-11(4-6-12)10-18-15(19)14-9-13(22-2)7-8-17(14)16(18)20/h11-14H,3-10H2,1-2H3. The van der Waals surface area contributed by atoms with Crippen LogP contribution in [0.4, 0.5) is 4.79 Å². The van der Waals surface area contributed by atoms with Crippen LogP contribution < -0.4 is 0 Å². The number of nitrogens with zero attached hydrogens (tertiary/aromatic N) is 2. The summed E-state index contributed by atoms with van der Waals surface area (Å²) in [6.07, 6.45) is 5.99. The van der Waals surface area contributed by atoms with Crippen molar-refractivity contribution in [3.63, 3.8) is 0 Å². The lowest BCUT2D eigenvalue weighted by Crippen LogP contribution is -2.44. The van der Waals surface area contributed by atoms with Crippen LogP contribution in [0.15, 0.2) is 0 Å². The number of methoxy groups -OCH3 is 2.